The van der Waals surface area contributed by atoms with Gasteiger partial charge in [0.05, 0.1) is 12.1 Å². The molecule has 0 unspecified atom stereocenters. The van der Waals surface area contributed by atoms with Crippen LogP contribution in [-0.2, 0) is 0 Å². The van der Waals surface area contributed by atoms with Gasteiger partial charge in [-0.15, -0.1) is 0 Å². The minimum Gasteiger partial charge on any atom is -0.391 e. The quantitative estimate of drug-likeness (QED) is 0.938. The molecule has 3 rings (SSSR count). The smallest absolute Gasteiger partial charge is 0.253 e. The van der Waals surface area contributed by atoms with Crippen molar-refractivity contribution in [1.29, 1.82) is 0 Å². The van der Waals surface area contributed by atoms with Gasteiger partial charge in [-0.3, -0.25) is 4.79 Å². The topological polar surface area (TPSA) is 40.5 Å². The highest BCUT2D eigenvalue weighted by Gasteiger charge is 2.29. The predicted molar refractivity (Wildman–Crippen MR) is 92.2 cm³/mol. The molecule has 0 radical (unpaired) electrons. The van der Waals surface area contributed by atoms with Crippen LogP contribution < -0.4 is 0 Å². The number of benzene rings is 2. The van der Waals surface area contributed by atoms with Gasteiger partial charge in [0.15, 0.2) is 0 Å². The Morgan fingerprint density at radius 1 is 0.957 bits per heavy atom. The molecule has 0 saturated heterocycles. The Hall–Kier alpha value is -2.13. The second-order valence-corrected chi connectivity index (χ2v) is 6.28. The third-order valence-corrected chi connectivity index (χ3v) is 4.75. The normalized spacial score (nSPS) is 21.0. The van der Waals surface area contributed by atoms with Gasteiger partial charge >= 0.3 is 0 Å². The number of rotatable bonds is 3. The predicted octanol–water partition coefficient (Wildman–Crippen LogP) is 3.73. The maximum Gasteiger partial charge on any atom is 0.253 e. The van der Waals surface area contributed by atoms with E-state index in [4.69, 9.17) is 0 Å². The summed E-state index contributed by atoms with van der Waals surface area (Å²) >= 11 is 0. The summed E-state index contributed by atoms with van der Waals surface area (Å²) in [7, 11) is 1.80. The molecule has 23 heavy (non-hydrogen) atoms. The molecule has 2 atom stereocenters. The zero-order chi connectivity index (χ0) is 16.2. The molecule has 0 aromatic heterocycles. The molecule has 0 heterocycles. The molecular weight excluding hydrogens is 286 g/mol. The molecule has 120 valence electrons. The summed E-state index contributed by atoms with van der Waals surface area (Å²) in [4.78, 5) is 14.4. The lowest BCUT2D eigenvalue weighted by molar-refractivity contribution is 0.0268. The van der Waals surface area contributed by atoms with E-state index in [0.29, 0.717) is 5.56 Å². The largest absolute Gasteiger partial charge is 0.391 e. The van der Waals surface area contributed by atoms with Crippen LogP contribution in [0.4, 0.5) is 0 Å². The average Bonchev–Trinajstić information content (AvgIpc) is 2.62. The van der Waals surface area contributed by atoms with Gasteiger partial charge in [0, 0.05) is 12.6 Å². The summed E-state index contributed by atoms with van der Waals surface area (Å²) < 4.78 is 0. The standard InChI is InChI=1S/C20H23NO2/c1-21(18-9-5-6-10-19(18)22)20(23)17-13-11-16(12-14-17)15-7-3-2-4-8-15/h2-4,7-8,11-14,18-19,22H,5-6,9-10H2,1H3/t18-,19+/m0/s1. The minimum atomic E-state index is -0.402. The van der Waals surface area contributed by atoms with Gasteiger partial charge in [-0.25, -0.2) is 0 Å². The number of amides is 1. The van der Waals surface area contributed by atoms with Crippen LogP contribution in [0.25, 0.3) is 11.1 Å². The number of aliphatic hydroxyl groups is 1. The Morgan fingerprint density at radius 3 is 2.22 bits per heavy atom. The first-order valence-electron chi connectivity index (χ1n) is 8.27. The van der Waals surface area contributed by atoms with Crippen molar-refractivity contribution >= 4 is 5.91 Å². The summed E-state index contributed by atoms with van der Waals surface area (Å²) in [6, 6.07) is 17.8. The van der Waals surface area contributed by atoms with E-state index in [1.165, 1.54) is 0 Å². The van der Waals surface area contributed by atoms with Crippen molar-refractivity contribution in [3.05, 3.63) is 60.2 Å². The van der Waals surface area contributed by atoms with Crippen LogP contribution in [0.1, 0.15) is 36.0 Å². The van der Waals surface area contributed by atoms with Gasteiger partial charge in [0.2, 0.25) is 0 Å². The Labute approximate surface area is 137 Å². The molecular formula is C20H23NO2. The molecule has 1 aliphatic rings. The fourth-order valence-electron chi connectivity index (χ4n) is 3.33. The second kappa shape index (κ2) is 6.97. The molecule has 3 nitrogen and oxygen atoms in total. The Balaban J connectivity index is 1.75. The van der Waals surface area contributed by atoms with Gasteiger partial charge in [0.25, 0.3) is 5.91 Å². The highest BCUT2D eigenvalue weighted by molar-refractivity contribution is 5.94. The minimum absolute atomic E-state index is 0.0180. The van der Waals surface area contributed by atoms with Crippen LogP contribution in [0.5, 0.6) is 0 Å². The van der Waals surface area contributed by atoms with Gasteiger partial charge < -0.3 is 10.0 Å². The fourth-order valence-corrected chi connectivity index (χ4v) is 3.33. The number of carbonyl (C=O) groups excluding carboxylic acids is 1. The number of carbonyl (C=O) groups is 1. The fraction of sp³-hybridized carbons (Fsp3) is 0.350. The maximum absolute atomic E-state index is 12.7. The van der Waals surface area contributed by atoms with Crippen LogP contribution in [0, 0.1) is 0 Å². The molecule has 0 bridgehead atoms. The average molecular weight is 309 g/mol. The van der Waals surface area contributed by atoms with Crippen molar-refractivity contribution < 1.29 is 9.90 Å². The van der Waals surface area contributed by atoms with Crippen molar-refractivity contribution in [1.82, 2.24) is 4.90 Å². The first kappa shape index (κ1) is 15.8. The van der Waals surface area contributed by atoms with Crippen LogP contribution >= 0.6 is 0 Å². The summed E-state index contributed by atoms with van der Waals surface area (Å²) in [5.74, 6) is -0.0180. The molecule has 0 aliphatic heterocycles. The van der Waals surface area contributed by atoms with Gasteiger partial charge in [-0.1, -0.05) is 55.3 Å². The second-order valence-electron chi connectivity index (χ2n) is 6.28. The summed E-state index contributed by atoms with van der Waals surface area (Å²) in [5.41, 5.74) is 2.91. The first-order valence-corrected chi connectivity index (χ1v) is 8.27. The molecule has 1 amide bonds. The number of aliphatic hydroxyl groups excluding tert-OH is 1. The van der Waals surface area contributed by atoms with Crippen LogP contribution in [0.15, 0.2) is 54.6 Å². The molecule has 2 aromatic rings. The lowest BCUT2D eigenvalue weighted by atomic mass is 9.91. The molecule has 3 heteroatoms. The van der Waals surface area contributed by atoms with E-state index < -0.39 is 6.10 Å². The van der Waals surface area contributed by atoms with Gasteiger partial charge in [-0.05, 0) is 36.1 Å². The number of hydrogen-bond donors (Lipinski definition) is 1. The third kappa shape index (κ3) is 3.45. The van der Waals surface area contributed by atoms with Crippen molar-refractivity contribution in [2.24, 2.45) is 0 Å². The van der Waals surface area contributed by atoms with E-state index in [0.717, 1.165) is 36.8 Å². The van der Waals surface area contributed by atoms with E-state index in [1.54, 1.807) is 11.9 Å². The maximum atomic E-state index is 12.7. The molecule has 0 spiro atoms. The number of hydrogen-bond acceptors (Lipinski definition) is 2. The van der Waals surface area contributed by atoms with Crippen LogP contribution in [0.2, 0.25) is 0 Å². The Kier molecular flexibility index (Phi) is 4.77. The van der Waals surface area contributed by atoms with Crippen LogP contribution in [-0.4, -0.2) is 35.1 Å². The first-order chi connectivity index (χ1) is 11.2. The van der Waals surface area contributed by atoms with Crippen LogP contribution in [0.3, 0.4) is 0 Å². The summed E-state index contributed by atoms with van der Waals surface area (Å²) in [5, 5.41) is 10.1. The zero-order valence-electron chi connectivity index (χ0n) is 13.5. The van der Waals surface area contributed by atoms with E-state index >= 15 is 0 Å². The zero-order valence-corrected chi connectivity index (χ0v) is 13.5. The van der Waals surface area contributed by atoms with Gasteiger partial charge in [0.1, 0.15) is 0 Å². The van der Waals surface area contributed by atoms with E-state index in [2.05, 4.69) is 12.1 Å². The Morgan fingerprint density at radius 2 is 1.57 bits per heavy atom. The monoisotopic (exact) mass is 309 g/mol. The lowest BCUT2D eigenvalue weighted by Gasteiger charge is -2.35. The van der Waals surface area contributed by atoms with Gasteiger partial charge in [-0.2, -0.15) is 0 Å². The molecule has 1 N–H and O–H groups in total. The SMILES string of the molecule is CN(C(=O)c1ccc(-c2ccccc2)cc1)[C@H]1CCCC[C@H]1O. The van der Waals surface area contributed by atoms with E-state index in [1.807, 2.05) is 42.5 Å². The van der Waals surface area contributed by atoms with Crippen molar-refractivity contribution in [2.45, 2.75) is 37.8 Å². The number of nitrogens with zero attached hydrogens (tertiary/aromatic N) is 1. The highest BCUT2D eigenvalue weighted by Crippen LogP contribution is 2.24. The van der Waals surface area contributed by atoms with Crippen molar-refractivity contribution in [3.63, 3.8) is 0 Å². The lowest BCUT2D eigenvalue weighted by Crippen LogP contribution is -2.46. The third-order valence-electron chi connectivity index (χ3n) is 4.75. The molecule has 1 fully saturated rings. The van der Waals surface area contributed by atoms with E-state index in [9.17, 15) is 9.90 Å². The highest BCUT2D eigenvalue weighted by atomic mass is 16.3. The number of likely N-dealkylation sites (N-methyl/N-ethyl adjacent to an activating group) is 1. The van der Waals surface area contributed by atoms with E-state index in [-0.39, 0.29) is 11.9 Å². The van der Waals surface area contributed by atoms with Crippen molar-refractivity contribution in [2.75, 3.05) is 7.05 Å². The molecule has 1 saturated carbocycles. The Bertz CT molecular complexity index is 651. The summed E-state index contributed by atoms with van der Waals surface area (Å²) in [6.07, 6.45) is 3.39. The van der Waals surface area contributed by atoms with Crippen molar-refractivity contribution in [3.8, 4) is 11.1 Å². The molecule has 2 aromatic carbocycles. The molecule has 1 aliphatic carbocycles. The summed E-state index contributed by atoms with van der Waals surface area (Å²) in [6.45, 7) is 0.